The van der Waals surface area contributed by atoms with Gasteiger partial charge >= 0.3 is 0 Å². The van der Waals surface area contributed by atoms with Gasteiger partial charge in [0, 0.05) is 27.9 Å². The number of aryl methyl sites for hydroxylation is 1. The highest BCUT2D eigenvalue weighted by atomic mass is 79.9. The normalized spacial score (nSPS) is 12.0. The lowest BCUT2D eigenvalue weighted by molar-refractivity contribution is -0.116. The molecule has 3 aromatic rings. The minimum atomic E-state index is -0.403. The summed E-state index contributed by atoms with van der Waals surface area (Å²) in [6, 6.07) is 12.0. The monoisotopic (exact) mass is 513 g/mol. The zero-order valence-corrected chi connectivity index (χ0v) is 21.7. The number of aromatic nitrogens is 2. The SMILES string of the molecule is COc1cc2c(NCc3cccc(Br)c3)nc(C)nc2cc1OCC(C)(C)CC(C)(C)C=O. The fourth-order valence-electron chi connectivity index (χ4n) is 4.09. The minimum absolute atomic E-state index is 0.192. The molecule has 176 valence electrons. The van der Waals surface area contributed by atoms with Gasteiger partial charge in [-0.2, -0.15) is 0 Å². The van der Waals surface area contributed by atoms with Crippen LogP contribution < -0.4 is 14.8 Å². The van der Waals surface area contributed by atoms with Gasteiger partial charge in [-0.1, -0.05) is 55.8 Å². The summed E-state index contributed by atoms with van der Waals surface area (Å²) >= 11 is 3.51. The van der Waals surface area contributed by atoms with Crippen molar-refractivity contribution in [1.82, 2.24) is 9.97 Å². The van der Waals surface area contributed by atoms with Crippen LogP contribution >= 0.6 is 15.9 Å². The van der Waals surface area contributed by atoms with E-state index >= 15 is 0 Å². The summed E-state index contributed by atoms with van der Waals surface area (Å²) in [7, 11) is 1.62. The summed E-state index contributed by atoms with van der Waals surface area (Å²) in [5, 5.41) is 4.29. The van der Waals surface area contributed by atoms with Crippen LogP contribution in [0.15, 0.2) is 40.9 Å². The third-order valence-electron chi connectivity index (χ3n) is 5.31. The third kappa shape index (κ3) is 6.67. The number of nitrogens with zero attached hydrogens (tertiary/aromatic N) is 2. The van der Waals surface area contributed by atoms with E-state index in [-0.39, 0.29) is 5.41 Å². The fraction of sp³-hybridized carbons (Fsp3) is 0.423. The van der Waals surface area contributed by atoms with Gasteiger partial charge in [0.15, 0.2) is 11.5 Å². The van der Waals surface area contributed by atoms with Crippen molar-refractivity contribution in [3.8, 4) is 11.5 Å². The van der Waals surface area contributed by atoms with E-state index in [9.17, 15) is 4.79 Å². The van der Waals surface area contributed by atoms with Gasteiger partial charge in [0.1, 0.15) is 17.9 Å². The van der Waals surface area contributed by atoms with Gasteiger partial charge in [0.05, 0.1) is 19.2 Å². The molecule has 0 amide bonds. The predicted octanol–water partition coefficient (Wildman–Crippen LogP) is 6.34. The molecule has 2 aromatic carbocycles. The highest BCUT2D eigenvalue weighted by Crippen LogP contribution is 2.37. The molecule has 0 unspecified atom stereocenters. The van der Waals surface area contributed by atoms with Crippen LogP contribution in [0, 0.1) is 17.8 Å². The van der Waals surface area contributed by atoms with Crippen LogP contribution in [-0.2, 0) is 11.3 Å². The topological polar surface area (TPSA) is 73.3 Å². The zero-order valence-electron chi connectivity index (χ0n) is 20.2. The quantitative estimate of drug-likeness (QED) is 0.318. The van der Waals surface area contributed by atoms with Crippen molar-refractivity contribution in [3.63, 3.8) is 0 Å². The Morgan fingerprint density at radius 3 is 2.52 bits per heavy atom. The number of fused-ring (bicyclic) bond motifs is 1. The van der Waals surface area contributed by atoms with E-state index in [2.05, 4.69) is 57.2 Å². The molecule has 0 aliphatic rings. The predicted molar refractivity (Wildman–Crippen MR) is 136 cm³/mol. The number of benzene rings is 2. The van der Waals surface area contributed by atoms with Crippen LogP contribution in [0.3, 0.4) is 0 Å². The fourth-order valence-corrected chi connectivity index (χ4v) is 4.54. The van der Waals surface area contributed by atoms with Gasteiger partial charge < -0.3 is 19.6 Å². The van der Waals surface area contributed by atoms with Crippen LogP contribution in [-0.4, -0.2) is 30.0 Å². The molecule has 0 saturated heterocycles. The summed E-state index contributed by atoms with van der Waals surface area (Å²) in [4.78, 5) is 20.6. The number of anilines is 1. The molecule has 0 radical (unpaired) electrons. The zero-order chi connectivity index (χ0) is 24.2. The number of halogens is 1. The average Bonchev–Trinajstić information content (AvgIpc) is 2.74. The highest BCUT2D eigenvalue weighted by Gasteiger charge is 2.29. The van der Waals surface area contributed by atoms with Crippen LogP contribution in [0.25, 0.3) is 10.9 Å². The Kier molecular flexibility index (Phi) is 7.62. The molecule has 0 atom stereocenters. The summed E-state index contributed by atoms with van der Waals surface area (Å²) in [6.45, 7) is 11.0. The maximum absolute atomic E-state index is 11.4. The molecule has 1 aromatic heterocycles. The van der Waals surface area contributed by atoms with Crippen molar-refractivity contribution in [1.29, 1.82) is 0 Å². The van der Waals surface area contributed by atoms with Gasteiger partial charge in [-0.3, -0.25) is 0 Å². The lowest BCUT2D eigenvalue weighted by atomic mass is 9.76. The maximum atomic E-state index is 11.4. The van der Waals surface area contributed by atoms with Gasteiger partial charge in [-0.05, 0) is 42.5 Å². The molecule has 7 heteroatoms. The molecule has 6 nitrogen and oxygen atoms in total. The molecule has 33 heavy (non-hydrogen) atoms. The molecule has 0 spiro atoms. The van der Waals surface area contributed by atoms with Crippen LogP contribution in [0.5, 0.6) is 11.5 Å². The first-order valence-electron chi connectivity index (χ1n) is 11.0. The van der Waals surface area contributed by atoms with E-state index in [0.717, 1.165) is 33.0 Å². The van der Waals surface area contributed by atoms with Crippen LogP contribution in [0.1, 0.15) is 45.5 Å². The number of aldehydes is 1. The molecule has 0 fully saturated rings. The lowest BCUT2D eigenvalue weighted by Gasteiger charge is -2.31. The van der Waals surface area contributed by atoms with E-state index in [4.69, 9.17) is 9.47 Å². The third-order valence-corrected chi connectivity index (χ3v) is 5.81. The van der Waals surface area contributed by atoms with Gasteiger partial charge in [-0.25, -0.2) is 9.97 Å². The Morgan fingerprint density at radius 1 is 1.09 bits per heavy atom. The first kappa shape index (κ1) is 25.0. The van der Waals surface area contributed by atoms with Crippen LogP contribution in [0.2, 0.25) is 0 Å². The summed E-state index contributed by atoms with van der Waals surface area (Å²) in [5.74, 6) is 2.66. The Labute approximate surface area is 204 Å². The van der Waals surface area contributed by atoms with Crippen molar-refractivity contribution in [2.24, 2.45) is 10.8 Å². The molecule has 0 aliphatic carbocycles. The van der Waals surface area contributed by atoms with E-state index in [1.807, 2.05) is 45.0 Å². The Bertz CT molecular complexity index is 1150. The lowest BCUT2D eigenvalue weighted by Crippen LogP contribution is -2.29. The van der Waals surface area contributed by atoms with Crippen molar-refractivity contribution in [2.75, 3.05) is 19.0 Å². The second kappa shape index (κ2) is 10.1. The summed E-state index contributed by atoms with van der Waals surface area (Å²) < 4.78 is 12.9. The molecular weight excluding hydrogens is 482 g/mol. The van der Waals surface area contributed by atoms with Crippen LogP contribution in [0.4, 0.5) is 5.82 Å². The Balaban J connectivity index is 1.87. The van der Waals surface area contributed by atoms with Crippen molar-refractivity contribution in [3.05, 3.63) is 52.3 Å². The van der Waals surface area contributed by atoms with E-state index in [1.165, 1.54) is 0 Å². The molecule has 3 rings (SSSR count). The largest absolute Gasteiger partial charge is 0.493 e. The summed E-state index contributed by atoms with van der Waals surface area (Å²) in [5.41, 5.74) is 1.32. The standard InChI is InChI=1S/C26H32BrN3O3/c1-17-29-21-12-23(33-16-26(4,5)14-25(2,3)15-31)22(32-6)11-20(21)24(30-17)28-13-18-8-7-9-19(27)10-18/h7-12,15H,13-14,16H2,1-6H3,(H,28,29,30). The number of nitrogens with one attached hydrogen (secondary N) is 1. The number of ether oxygens (including phenoxy) is 2. The molecule has 0 bridgehead atoms. The van der Waals surface area contributed by atoms with Crippen molar-refractivity contribution >= 4 is 38.9 Å². The van der Waals surface area contributed by atoms with E-state index < -0.39 is 5.41 Å². The van der Waals surface area contributed by atoms with E-state index in [0.29, 0.717) is 36.9 Å². The highest BCUT2D eigenvalue weighted by molar-refractivity contribution is 9.10. The molecule has 1 N–H and O–H groups in total. The Morgan fingerprint density at radius 2 is 1.85 bits per heavy atom. The van der Waals surface area contributed by atoms with Gasteiger partial charge in [0.25, 0.3) is 0 Å². The molecule has 1 heterocycles. The van der Waals surface area contributed by atoms with Crippen molar-refractivity contribution in [2.45, 2.75) is 47.6 Å². The number of carbonyl (C=O) groups excluding carboxylic acids is 1. The second-order valence-electron chi connectivity index (χ2n) is 9.86. The van der Waals surface area contributed by atoms with Crippen molar-refractivity contribution < 1.29 is 14.3 Å². The maximum Gasteiger partial charge on any atom is 0.163 e. The second-order valence-corrected chi connectivity index (χ2v) is 10.8. The smallest absolute Gasteiger partial charge is 0.163 e. The number of rotatable bonds is 10. The first-order valence-corrected chi connectivity index (χ1v) is 11.7. The molecule has 0 saturated carbocycles. The molecular formula is C26H32BrN3O3. The number of hydrogen-bond acceptors (Lipinski definition) is 6. The Hall–Kier alpha value is -2.67. The molecule has 0 aliphatic heterocycles. The first-order chi connectivity index (χ1) is 15.5. The number of methoxy groups -OCH3 is 1. The number of carbonyl (C=O) groups is 1. The number of hydrogen-bond donors (Lipinski definition) is 1. The summed E-state index contributed by atoms with van der Waals surface area (Å²) in [6.07, 6.45) is 1.72. The van der Waals surface area contributed by atoms with E-state index in [1.54, 1.807) is 7.11 Å². The van der Waals surface area contributed by atoms with Gasteiger partial charge in [0.2, 0.25) is 0 Å². The van der Waals surface area contributed by atoms with Gasteiger partial charge in [-0.15, -0.1) is 0 Å². The minimum Gasteiger partial charge on any atom is -0.493 e. The average molecular weight is 514 g/mol.